The number of methoxy groups -OCH3 is 2. The first-order chi connectivity index (χ1) is 13.6. The number of benzene rings is 2. The molecule has 152 valence electrons. The lowest BCUT2D eigenvalue weighted by molar-refractivity contribution is 0.0496. The molecule has 28 heavy (non-hydrogen) atoms. The van der Waals surface area contributed by atoms with E-state index in [-0.39, 0.29) is 18.5 Å². The van der Waals surface area contributed by atoms with Crippen molar-refractivity contribution in [3.8, 4) is 11.5 Å². The van der Waals surface area contributed by atoms with E-state index in [4.69, 9.17) is 9.47 Å². The maximum Gasteiger partial charge on any atom is 0.165 e. The lowest BCUT2D eigenvalue weighted by Gasteiger charge is -2.41. The first-order valence-electron chi connectivity index (χ1n) is 9.66. The van der Waals surface area contributed by atoms with Gasteiger partial charge in [-0.3, -0.25) is 9.80 Å². The SMILES string of the molecule is COc1cccc(CN2CCN(Cc3ccc(F)cc3)[C@H](CCO)C2)c1OC. The molecule has 1 N–H and O–H groups in total. The molecule has 2 aromatic carbocycles. The molecule has 0 spiro atoms. The third-order valence-corrected chi connectivity index (χ3v) is 5.33. The Morgan fingerprint density at radius 2 is 1.82 bits per heavy atom. The number of nitrogens with zero attached hydrogens (tertiary/aromatic N) is 2. The summed E-state index contributed by atoms with van der Waals surface area (Å²) in [5, 5.41) is 9.53. The van der Waals surface area contributed by atoms with Gasteiger partial charge in [0.05, 0.1) is 14.2 Å². The second-order valence-corrected chi connectivity index (χ2v) is 7.15. The number of piperazine rings is 1. The fraction of sp³-hybridized carbons (Fsp3) is 0.455. The van der Waals surface area contributed by atoms with Crippen molar-refractivity contribution >= 4 is 0 Å². The van der Waals surface area contributed by atoms with Crippen LogP contribution < -0.4 is 9.47 Å². The number of ether oxygens (including phenoxy) is 2. The number of hydrogen-bond donors (Lipinski definition) is 1. The Morgan fingerprint density at radius 1 is 1.04 bits per heavy atom. The molecule has 1 fully saturated rings. The van der Waals surface area contributed by atoms with Crippen molar-refractivity contribution in [1.82, 2.24) is 9.80 Å². The zero-order chi connectivity index (χ0) is 19.9. The first-order valence-corrected chi connectivity index (χ1v) is 9.66. The fourth-order valence-corrected chi connectivity index (χ4v) is 3.88. The molecule has 1 heterocycles. The van der Waals surface area contributed by atoms with Crippen LogP contribution in [-0.4, -0.2) is 61.4 Å². The maximum absolute atomic E-state index is 13.2. The van der Waals surface area contributed by atoms with Crippen molar-refractivity contribution in [2.24, 2.45) is 0 Å². The number of halogens is 1. The molecule has 6 heteroatoms. The second kappa shape index (κ2) is 9.87. The van der Waals surface area contributed by atoms with Crippen molar-refractivity contribution in [3.05, 3.63) is 59.4 Å². The fourth-order valence-electron chi connectivity index (χ4n) is 3.88. The van der Waals surface area contributed by atoms with Gasteiger partial charge in [0.1, 0.15) is 5.82 Å². The van der Waals surface area contributed by atoms with Gasteiger partial charge in [-0.05, 0) is 30.2 Å². The van der Waals surface area contributed by atoms with E-state index in [1.165, 1.54) is 12.1 Å². The normalized spacial score (nSPS) is 18.2. The Hall–Kier alpha value is -2.15. The largest absolute Gasteiger partial charge is 0.493 e. The molecule has 2 aromatic rings. The van der Waals surface area contributed by atoms with Crippen LogP contribution in [-0.2, 0) is 13.1 Å². The van der Waals surface area contributed by atoms with Gasteiger partial charge in [-0.1, -0.05) is 24.3 Å². The van der Waals surface area contributed by atoms with E-state index in [0.29, 0.717) is 6.42 Å². The summed E-state index contributed by atoms with van der Waals surface area (Å²) in [4.78, 5) is 4.77. The first kappa shape index (κ1) is 20.6. The third kappa shape index (κ3) is 5.01. The van der Waals surface area contributed by atoms with Crippen LogP contribution >= 0.6 is 0 Å². The molecule has 5 nitrogen and oxygen atoms in total. The summed E-state index contributed by atoms with van der Waals surface area (Å²) in [5.41, 5.74) is 2.18. The lowest BCUT2D eigenvalue weighted by Crippen LogP contribution is -2.52. The van der Waals surface area contributed by atoms with Crippen LogP contribution in [0.25, 0.3) is 0 Å². The lowest BCUT2D eigenvalue weighted by atomic mass is 10.1. The van der Waals surface area contributed by atoms with Crippen molar-refractivity contribution in [1.29, 1.82) is 0 Å². The van der Waals surface area contributed by atoms with Crippen molar-refractivity contribution in [2.75, 3.05) is 40.5 Å². The quantitative estimate of drug-likeness (QED) is 0.753. The van der Waals surface area contributed by atoms with E-state index in [1.54, 1.807) is 14.2 Å². The molecule has 0 radical (unpaired) electrons. The topological polar surface area (TPSA) is 45.2 Å². The highest BCUT2D eigenvalue weighted by Crippen LogP contribution is 2.32. The number of aliphatic hydroxyl groups excluding tert-OH is 1. The minimum atomic E-state index is -0.215. The highest BCUT2D eigenvalue weighted by Gasteiger charge is 2.27. The van der Waals surface area contributed by atoms with Gasteiger partial charge in [0.2, 0.25) is 0 Å². The van der Waals surface area contributed by atoms with Gasteiger partial charge in [0, 0.05) is 50.9 Å². The second-order valence-electron chi connectivity index (χ2n) is 7.15. The Morgan fingerprint density at radius 3 is 2.50 bits per heavy atom. The predicted molar refractivity (Wildman–Crippen MR) is 107 cm³/mol. The van der Waals surface area contributed by atoms with Crippen molar-refractivity contribution in [3.63, 3.8) is 0 Å². The van der Waals surface area contributed by atoms with Crippen LogP contribution in [0.15, 0.2) is 42.5 Å². The van der Waals surface area contributed by atoms with Gasteiger partial charge in [0.25, 0.3) is 0 Å². The van der Waals surface area contributed by atoms with Crippen LogP contribution in [0.3, 0.4) is 0 Å². The van der Waals surface area contributed by atoms with E-state index >= 15 is 0 Å². The minimum Gasteiger partial charge on any atom is -0.493 e. The van der Waals surface area contributed by atoms with E-state index in [1.807, 2.05) is 24.3 Å². The van der Waals surface area contributed by atoms with E-state index in [9.17, 15) is 9.50 Å². The zero-order valence-corrected chi connectivity index (χ0v) is 16.6. The monoisotopic (exact) mass is 388 g/mol. The summed E-state index contributed by atoms with van der Waals surface area (Å²) < 4.78 is 24.1. The molecule has 0 unspecified atom stereocenters. The van der Waals surface area contributed by atoms with Crippen LogP contribution in [0.5, 0.6) is 11.5 Å². The summed E-state index contributed by atoms with van der Waals surface area (Å²) in [6, 6.07) is 12.9. The average molecular weight is 388 g/mol. The van der Waals surface area contributed by atoms with Crippen molar-refractivity contribution < 1.29 is 19.0 Å². The zero-order valence-electron chi connectivity index (χ0n) is 16.6. The molecule has 1 saturated heterocycles. The summed E-state index contributed by atoms with van der Waals surface area (Å²) in [6.07, 6.45) is 0.715. The molecule has 1 aliphatic rings. The van der Waals surface area contributed by atoms with Crippen LogP contribution in [0, 0.1) is 5.82 Å². The summed E-state index contributed by atoms with van der Waals surface area (Å²) >= 11 is 0. The molecule has 0 amide bonds. The van der Waals surface area contributed by atoms with E-state index < -0.39 is 0 Å². The van der Waals surface area contributed by atoms with Gasteiger partial charge in [-0.2, -0.15) is 0 Å². The Balaban J connectivity index is 1.68. The van der Waals surface area contributed by atoms with Gasteiger partial charge in [-0.15, -0.1) is 0 Å². The van der Waals surface area contributed by atoms with Crippen LogP contribution in [0.4, 0.5) is 4.39 Å². The Bertz CT molecular complexity index is 754. The van der Waals surface area contributed by atoms with E-state index in [2.05, 4.69) is 15.9 Å². The number of para-hydroxylation sites is 1. The molecular weight excluding hydrogens is 359 g/mol. The minimum absolute atomic E-state index is 0.154. The van der Waals surface area contributed by atoms with E-state index in [0.717, 1.165) is 55.3 Å². The van der Waals surface area contributed by atoms with Crippen molar-refractivity contribution in [2.45, 2.75) is 25.6 Å². The Kier molecular flexibility index (Phi) is 7.25. The molecule has 1 aliphatic heterocycles. The maximum atomic E-state index is 13.2. The average Bonchev–Trinajstić information content (AvgIpc) is 2.71. The molecule has 0 saturated carbocycles. The summed E-state index contributed by atoms with van der Waals surface area (Å²) in [7, 11) is 3.31. The van der Waals surface area contributed by atoms with Gasteiger partial charge >= 0.3 is 0 Å². The molecule has 1 atom stereocenters. The summed E-state index contributed by atoms with van der Waals surface area (Å²) in [5.74, 6) is 1.30. The Labute approximate surface area is 166 Å². The van der Waals surface area contributed by atoms with Gasteiger partial charge < -0.3 is 14.6 Å². The highest BCUT2D eigenvalue weighted by molar-refractivity contribution is 5.46. The number of hydrogen-bond acceptors (Lipinski definition) is 5. The molecule has 0 aromatic heterocycles. The van der Waals surface area contributed by atoms with Gasteiger partial charge in [0.15, 0.2) is 11.5 Å². The summed E-state index contributed by atoms with van der Waals surface area (Å²) in [6.45, 7) is 4.37. The molecule has 0 bridgehead atoms. The predicted octanol–water partition coefficient (Wildman–Crippen LogP) is 2.91. The van der Waals surface area contributed by atoms with Crippen LogP contribution in [0.2, 0.25) is 0 Å². The van der Waals surface area contributed by atoms with Crippen LogP contribution in [0.1, 0.15) is 17.5 Å². The third-order valence-electron chi connectivity index (χ3n) is 5.33. The molecule has 0 aliphatic carbocycles. The number of aliphatic hydroxyl groups is 1. The highest BCUT2D eigenvalue weighted by atomic mass is 19.1. The van der Waals surface area contributed by atoms with Gasteiger partial charge in [-0.25, -0.2) is 4.39 Å². The standard InChI is InChI=1S/C22H29FN2O3/c1-27-21-5-3-4-18(22(21)28-2)15-24-11-12-25(20(16-24)10-13-26)14-17-6-8-19(23)9-7-17/h3-9,20,26H,10-16H2,1-2H3/t20-/m1/s1. The molecule has 3 rings (SSSR count). The number of rotatable bonds is 8. The smallest absolute Gasteiger partial charge is 0.165 e. The molecular formula is C22H29FN2O3.